The third-order valence-electron chi connectivity index (χ3n) is 8.86. The summed E-state index contributed by atoms with van der Waals surface area (Å²) < 4.78 is 0. The summed E-state index contributed by atoms with van der Waals surface area (Å²) in [5.74, 6) is -0.655. The molecule has 6 rings (SSSR count). The zero-order valence-corrected chi connectivity index (χ0v) is 27.9. The van der Waals surface area contributed by atoms with Crippen LogP contribution in [0.15, 0.2) is 109 Å². The van der Waals surface area contributed by atoms with E-state index in [-0.39, 0.29) is 25.7 Å². The van der Waals surface area contributed by atoms with E-state index < -0.39 is 18.0 Å². The van der Waals surface area contributed by atoms with E-state index in [2.05, 4.69) is 27.5 Å². The van der Waals surface area contributed by atoms with Gasteiger partial charge >= 0.3 is 18.0 Å². The van der Waals surface area contributed by atoms with Crippen molar-refractivity contribution < 1.29 is 19.5 Å². The number of nitrogens with zero attached hydrogens (tertiary/aromatic N) is 7. The minimum atomic E-state index is -1.22. The fourth-order valence-electron chi connectivity index (χ4n) is 6.26. The molecule has 12 heteroatoms. The van der Waals surface area contributed by atoms with Crippen molar-refractivity contribution in [2.75, 3.05) is 31.1 Å². The molecular weight excluding hydrogens is 632 g/mol. The lowest BCUT2D eigenvalue weighted by molar-refractivity contribution is -0.143. The smallest absolute Gasteiger partial charge is 0.329 e. The Bertz CT molecular complexity index is 1830. The number of rotatable bonds is 11. The summed E-state index contributed by atoms with van der Waals surface area (Å²) in [5.41, 5.74) is 4.98. The number of carboxylic acids is 1. The van der Waals surface area contributed by atoms with Crippen LogP contribution in [-0.2, 0) is 11.3 Å². The Morgan fingerprint density at radius 3 is 2.04 bits per heavy atom. The van der Waals surface area contributed by atoms with Crippen molar-refractivity contribution in [2.45, 2.75) is 38.8 Å². The van der Waals surface area contributed by atoms with E-state index in [9.17, 15) is 19.5 Å². The molecule has 1 aromatic heterocycles. The molecule has 1 saturated heterocycles. The molecule has 12 nitrogen and oxygen atoms in total. The highest BCUT2D eigenvalue weighted by Gasteiger charge is 2.40. The summed E-state index contributed by atoms with van der Waals surface area (Å²) >= 11 is 0. The van der Waals surface area contributed by atoms with Crippen molar-refractivity contribution in [2.24, 2.45) is 0 Å². The van der Waals surface area contributed by atoms with Crippen LogP contribution in [-0.4, -0.2) is 90.7 Å². The Kier molecular flexibility index (Phi) is 10.8. The van der Waals surface area contributed by atoms with Crippen molar-refractivity contribution >= 4 is 29.4 Å². The molecule has 0 bridgehead atoms. The van der Waals surface area contributed by atoms with Crippen LogP contribution in [0.3, 0.4) is 0 Å². The van der Waals surface area contributed by atoms with E-state index in [1.54, 1.807) is 9.80 Å². The van der Waals surface area contributed by atoms with Gasteiger partial charge in [-0.3, -0.25) is 4.90 Å². The molecule has 2 N–H and O–H groups in total. The molecule has 0 aliphatic carbocycles. The third kappa shape index (κ3) is 7.64. The SMILES string of the molecule is CCCCCN(Cc1ccc(-c2ccccc2-c2nn[nH]n2)cc1)C(=O)N1CCN(C(=O)N(c2ccccc2)c2ccccc2)[C@H](C(=O)O)C1. The fraction of sp³-hybridized carbons (Fsp3) is 0.263. The Morgan fingerprint density at radius 1 is 0.800 bits per heavy atom. The Labute approximate surface area is 290 Å². The molecule has 0 radical (unpaired) electrons. The second kappa shape index (κ2) is 15.9. The molecular formula is C38H40N8O4. The number of hydrogen-bond donors (Lipinski definition) is 2. The maximum absolute atomic E-state index is 14.1. The van der Waals surface area contributed by atoms with Gasteiger partial charge in [-0.05, 0) is 52.6 Å². The largest absolute Gasteiger partial charge is 0.480 e. The van der Waals surface area contributed by atoms with Crippen LogP contribution in [0.1, 0.15) is 31.7 Å². The minimum absolute atomic E-state index is 0.0784. The summed E-state index contributed by atoms with van der Waals surface area (Å²) in [6, 6.07) is 32.3. The maximum Gasteiger partial charge on any atom is 0.329 e. The monoisotopic (exact) mass is 672 g/mol. The van der Waals surface area contributed by atoms with Crippen LogP contribution in [0.4, 0.5) is 21.0 Å². The van der Waals surface area contributed by atoms with Crippen molar-refractivity contribution in [3.8, 4) is 22.5 Å². The molecule has 2 heterocycles. The average molecular weight is 673 g/mol. The molecule has 4 aromatic carbocycles. The van der Waals surface area contributed by atoms with E-state index in [1.807, 2.05) is 109 Å². The number of aliphatic carboxylic acids is 1. The molecule has 50 heavy (non-hydrogen) atoms. The number of nitrogens with one attached hydrogen (secondary N) is 1. The van der Waals surface area contributed by atoms with Crippen molar-refractivity contribution in [3.63, 3.8) is 0 Å². The molecule has 1 aliphatic rings. The predicted molar refractivity (Wildman–Crippen MR) is 191 cm³/mol. The number of carbonyl (C=O) groups is 3. The highest BCUT2D eigenvalue weighted by molar-refractivity contribution is 6.01. The number of anilines is 2. The van der Waals surface area contributed by atoms with Crippen LogP contribution >= 0.6 is 0 Å². The quantitative estimate of drug-likeness (QED) is 0.149. The lowest BCUT2D eigenvalue weighted by Gasteiger charge is -2.42. The van der Waals surface area contributed by atoms with Gasteiger partial charge in [0.15, 0.2) is 0 Å². The Morgan fingerprint density at radius 2 is 1.44 bits per heavy atom. The number of piperazine rings is 1. The fourth-order valence-corrected chi connectivity index (χ4v) is 6.26. The second-order valence-corrected chi connectivity index (χ2v) is 12.2. The van der Waals surface area contributed by atoms with Gasteiger partial charge in [0.05, 0.1) is 17.9 Å². The molecule has 0 unspecified atom stereocenters. The summed E-state index contributed by atoms with van der Waals surface area (Å²) in [6.07, 6.45) is 2.78. The summed E-state index contributed by atoms with van der Waals surface area (Å²) in [5, 5.41) is 24.8. The molecule has 0 spiro atoms. The first-order chi connectivity index (χ1) is 24.4. The zero-order valence-electron chi connectivity index (χ0n) is 27.9. The molecule has 4 amide bonds. The number of H-pyrrole nitrogens is 1. The van der Waals surface area contributed by atoms with Gasteiger partial charge < -0.3 is 19.8 Å². The van der Waals surface area contributed by atoms with Crippen LogP contribution in [0.25, 0.3) is 22.5 Å². The molecule has 1 aliphatic heterocycles. The number of unbranched alkanes of at least 4 members (excludes halogenated alkanes) is 2. The first kappa shape index (κ1) is 33.8. The number of hydrogen-bond acceptors (Lipinski definition) is 6. The Hall–Kier alpha value is -6.04. The number of carboxylic acid groups (broad SMARTS) is 1. The average Bonchev–Trinajstić information content (AvgIpc) is 3.70. The van der Waals surface area contributed by atoms with Gasteiger partial charge in [-0.25, -0.2) is 14.4 Å². The lowest BCUT2D eigenvalue weighted by Crippen LogP contribution is -2.62. The van der Waals surface area contributed by atoms with E-state index >= 15 is 0 Å². The van der Waals surface area contributed by atoms with Gasteiger partial charge in [0, 0.05) is 31.7 Å². The normalized spacial score (nSPS) is 14.3. The van der Waals surface area contributed by atoms with Crippen LogP contribution < -0.4 is 4.90 Å². The number of benzene rings is 4. The highest BCUT2D eigenvalue weighted by Crippen LogP contribution is 2.31. The number of amides is 4. The van der Waals surface area contributed by atoms with Gasteiger partial charge in [-0.15, -0.1) is 10.2 Å². The first-order valence-electron chi connectivity index (χ1n) is 16.8. The zero-order chi connectivity index (χ0) is 34.9. The maximum atomic E-state index is 14.1. The van der Waals surface area contributed by atoms with Crippen LogP contribution in [0.2, 0.25) is 0 Å². The summed E-state index contributed by atoms with van der Waals surface area (Å²) in [7, 11) is 0. The standard InChI is InChI=1S/C38H40N8O4/c1-2-3-12-23-43(26-28-19-21-29(22-20-28)32-17-10-11-18-33(32)35-39-41-42-40-35)37(49)44-24-25-45(34(27-44)36(47)48)38(50)46(30-13-6-4-7-14-30)31-15-8-5-9-16-31/h4-11,13-22,34H,2-3,12,23-27H2,1H3,(H,47,48)(H,39,40,41,42)/t34-/m0/s1. The van der Waals surface area contributed by atoms with Crippen molar-refractivity contribution in [1.29, 1.82) is 0 Å². The summed E-state index contributed by atoms with van der Waals surface area (Å²) in [6.45, 7) is 3.17. The second-order valence-electron chi connectivity index (χ2n) is 12.2. The number of tetrazole rings is 1. The van der Waals surface area contributed by atoms with Crippen molar-refractivity contribution in [1.82, 2.24) is 35.3 Å². The van der Waals surface area contributed by atoms with Gasteiger partial charge in [-0.2, -0.15) is 5.21 Å². The lowest BCUT2D eigenvalue weighted by atomic mass is 9.98. The predicted octanol–water partition coefficient (Wildman–Crippen LogP) is 6.68. The van der Waals surface area contributed by atoms with E-state index in [1.165, 1.54) is 9.80 Å². The van der Waals surface area contributed by atoms with Crippen LogP contribution in [0.5, 0.6) is 0 Å². The molecule has 5 aromatic rings. The number of aromatic nitrogens is 4. The summed E-state index contributed by atoms with van der Waals surface area (Å²) in [4.78, 5) is 47.1. The number of para-hydroxylation sites is 2. The van der Waals surface area contributed by atoms with Gasteiger partial charge in [0.1, 0.15) is 6.04 Å². The number of carbonyl (C=O) groups excluding carboxylic acids is 2. The van der Waals surface area contributed by atoms with Crippen molar-refractivity contribution in [3.05, 3.63) is 115 Å². The number of urea groups is 2. The third-order valence-corrected chi connectivity index (χ3v) is 8.86. The highest BCUT2D eigenvalue weighted by atomic mass is 16.4. The minimum Gasteiger partial charge on any atom is -0.480 e. The van der Waals surface area contributed by atoms with E-state index in [4.69, 9.17) is 0 Å². The van der Waals surface area contributed by atoms with Gasteiger partial charge in [0.2, 0.25) is 5.82 Å². The topological polar surface area (TPSA) is 139 Å². The van der Waals surface area contributed by atoms with Gasteiger partial charge in [0.25, 0.3) is 0 Å². The Balaban J connectivity index is 1.19. The molecule has 0 saturated carbocycles. The molecule has 1 fully saturated rings. The van der Waals surface area contributed by atoms with Gasteiger partial charge in [-0.1, -0.05) is 105 Å². The molecule has 256 valence electrons. The van der Waals surface area contributed by atoms with E-state index in [0.717, 1.165) is 41.5 Å². The first-order valence-corrected chi connectivity index (χ1v) is 16.8. The van der Waals surface area contributed by atoms with E-state index in [0.29, 0.717) is 30.3 Å². The molecule has 1 atom stereocenters. The van der Waals surface area contributed by atoms with Crippen LogP contribution in [0, 0.1) is 0 Å². The number of aromatic amines is 1.